The van der Waals surface area contributed by atoms with Crippen molar-refractivity contribution >= 4 is 35.1 Å². The molecule has 9 nitrogen and oxygen atoms in total. The fourth-order valence-corrected chi connectivity index (χ4v) is 4.21. The molecule has 3 heterocycles. The summed E-state index contributed by atoms with van der Waals surface area (Å²) in [5.41, 5.74) is 8.95. The lowest BCUT2D eigenvalue weighted by molar-refractivity contribution is 0.100. The molecule has 1 aliphatic heterocycles. The second kappa shape index (κ2) is 8.23. The van der Waals surface area contributed by atoms with Crippen LogP contribution in [-0.2, 0) is 20.0 Å². The first-order valence-electron chi connectivity index (χ1n) is 10.5. The van der Waals surface area contributed by atoms with Crippen LogP contribution in [0.3, 0.4) is 0 Å². The summed E-state index contributed by atoms with van der Waals surface area (Å²) >= 11 is 0. The van der Waals surface area contributed by atoms with E-state index in [1.165, 1.54) is 0 Å². The van der Waals surface area contributed by atoms with Gasteiger partial charge in [0, 0.05) is 42.5 Å². The zero-order chi connectivity index (χ0) is 23.1. The maximum absolute atomic E-state index is 11.9. The Bertz CT molecular complexity index is 1390. The number of hydrogen-bond donors (Lipinski definition) is 4. The fraction of sp³-hybridized carbons (Fsp3) is 0.174. The number of hydrogen-bond acceptors (Lipinski definition) is 7. The third-order valence-corrected chi connectivity index (χ3v) is 5.78. The van der Waals surface area contributed by atoms with E-state index in [0.717, 1.165) is 27.6 Å². The van der Waals surface area contributed by atoms with E-state index in [9.17, 15) is 14.8 Å². The normalized spacial score (nSPS) is 12.5. The Morgan fingerprint density at radius 3 is 2.82 bits per heavy atom. The highest BCUT2D eigenvalue weighted by molar-refractivity contribution is 6.58. The van der Waals surface area contributed by atoms with Crippen LogP contribution in [0.4, 0.5) is 5.82 Å². The number of nitrogens with one attached hydrogen (secondary N) is 1. The van der Waals surface area contributed by atoms with Crippen molar-refractivity contribution in [1.29, 1.82) is 0 Å². The topological polar surface area (TPSA) is 136 Å². The minimum absolute atomic E-state index is 0.423. The SMILES string of the molecule is Cn1cc2c(C(N)=O)cccc2c1-c1nc(NCc2cccc(B(O)O)c2)c2c(n1)OCC2. The number of aryl methyl sites for hydroxylation is 1. The molecule has 0 unspecified atom stereocenters. The lowest BCUT2D eigenvalue weighted by Gasteiger charge is -2.13. The van der Waals surface area contributed by atoms with E-state index in [1.807, 2.05) is 29.9 Å². The van der Waals surface area contributed by atoms with Crippen molar-refractivity contribution in [1.82, 2.24) is 14.5 Å². The summed E-state index contributed by atoms with van der Waals surface area (Å²) in [7, 11) is 0.347. The summed E-state index contributed by atoms with van der Waals surface area (Å²) in [6.07, 6.45) is 2.54. The van der Waals surface area contributed by atoms with Crippen LogP contribution < -0.4 is 21.3 Å². The lowest BCUT2D eigenvalue weighted by Crippen LogP contribution is -2.30. The van der Waals surface area contributed by atoms with E-state index in [4.69, 9.17) is 15.5 Å². The third kappa shape index (κ3) is 3.79. The number of nitrogens with zero attached hydrogens (tertiary/aromatic N) is 3. The van der Waals surface area contributed by atoms with Gasteiger partial charge < -0.3 is 30.4 Å². The number of carbonyl (C=O) groups is 1. The van der Waals surface area contributed by atoms with E-state index in [0.29, 0.717) is 48.1 Å². The molecule has 1 aliphatic rings. The van der Waals surface area contributed by atoms with Gasteiger partial charge in [0.2, 0.25) is 11.8 Å². The Hall–Kier alpha value is -3.89. The zero-order valence-electron chi connectivity index (χ0n) is 17.9. The molecule has 0 bridgehead atoms. The van der Waals surface area contributed by atoms with E-state index in [2.05, 4.69) is 10.3 Å². The van der Waals surface area contributed by atoms with E-state index in [-0.39, 0.29) is 0 Å². The number of rotatable bonds is 6. The average molecular weight is 443 g/mol. The van der Waals surface area contributed by atoms with Gasteiger partial charge in [-0.25, -0.2) is 4.98 Å². The molecule has 2 aromatic heterocycles. The van der Waals surface area contributed by atoms with Crippen LogP contribution in [0.1, 0.15) is 21.5 Å². The first kappa shape index (κ1) is 21.0. The number of nitrogens with two attached hydrogens (primary N) is 1. The standard InChI is InChI=1S/C23H22BN5O4/c1-29-12-18-15(6-3-7-16(18)20(25)30)19(29)22-27-21(17-8-9-33-23(17)28-22)26-11-13-4-2-5-14(10-13)24(31)32/h2-7,10,12,31-32H,8-9,11H2,1H3,(H2,25,30)(H,26,27,28). The molecular formula is C23H22BN5O4. The van der Waals surface area contributed by atoms with Gasteiger partial charge in [0.1, 0.15) is 5.82 Å². The molecule has 0 saturated heterocycles. The minimum atomic E-state index is -1.52. The number of amides is 1. The second-order valence-electron chi connectivity index (χ2n) is 7.97. The molecule has 2 aromatic carbocycles. The maximum Gasteiger partial charge on any atom is 0.488 e. The Morgan fingerprint density at radius 1 is 1.21 bits per heavy atom. The van der Waals surface area contributed by atoms with Crippen LogP contribution >= 0.6 is 0 Å². The van der Waals surface area contributed by atoms with Gasteiger partial charge in [-0.3, -0.25) is 4.79 Å². The van der Waals surface area contributed by atoms with E-state index >= 15 is 0 Å². The molecule has 5 N–H and O–H groups in total. The van der Waals surface area contributed by atoms with Gasteiger partial charge in [-0.1, -0.05) is 36.4 Å². The highest BCUT2D eigenvalue weighted by atomic mass is 16.5. The summed E-state index contributed by atoms with van der Waals surface area (Å²) in [6, 6.07) is 12.5. The summed E-state index contributed by atoms with van der Waals surface area (Å²) in [5.74, 6) is 1.16. The van der Waals surface area contributed by atoms with Crippen LogP contribution in [0.5, 0.6) is 5.88 Å². The summed E-state index contributed by atoms with van der Waals surface area (Å²) < 4.78 is 7.63. The summed E-state index contributed by atoms with van der Waals surface area (Å²) in [4.78, 5) is 21.4. The van der Waals surface area contributed by atoms with Crippen LogP contribution in [0.25, 0.3) is 22.3 Å². The highest BCUT2D eigenvalue weighted by Gasteiger charge is 2.24. The van der Waals surface area contributed by atoms with Gasteiger partial charge in [-0.2, -0.15) is 4.98 Å². The first-order valence-corrected chi connectivity index (χ1v) is 10.5. The van der Waals surface area contributed by atoms with Crippen molar-refractivity contribution in [3.05, 3.63) is 65.4 Å². The molecule has 0 spiro atoms. The molecule has 166 valence electrons. The molecule has 0 saturated carbocycles. The molecule has 5 rings (SSSR count). The van der Waals surface area contributed by atoms with Crippen molar-refractivity contribution in [3.63, 3.8) is 0 Å². The number of benzene rings is 2. The predicted molar refractivity (Wildman–Crippen MR) is 125 cm³/mol. The zero-order valence-corrected chi connectivity index (χ0v) is 17.9. The molecule has 0 fully saturated rings. The highest BCUT2D eigenvalue weighted by Crippen LogP contribution is 2.35. The molecule has 0 aliphatic carbocycles. The van der Waals surface area contributed by atoms with Gasteiger partial charge >= 0.3 is 7.12 Å². The Kier molecular flexibility index (Phi) is 5.23. The van der Waals surface area contributed by atoms with Crippen molar-refractivity contribution in [2.24, 2.45) is 12.8 Å². The monoisotopic (exact) mass is 443 g/mol. The number of aromatic nitrogens is 3. The largest absolute Gasteiger partial charge is 0.488 e. The number of anilines is 1. The van der Waals surface area contributed by atoms with Gasteiger partial charge in [-0.05, 0) is 17.1 Å². The van der Waals surface area contributed by atoms with Gasteiger partial charge in [0.05, 0.1) is 17.9 Å². The molecule has 33 heavy (non-hydrogen) atoms. The number of primary amides is 1. The average Bonchev–Trinajstić information content (AvgIpc) is 3.40. The van der Waals surface area contributed by atoms with Crippen LogP contribution in [0.2, 0.25) is 0 Å². The molecule has 0 atom stereocenters. The Labute approximate surface area is 190 Å². The van der Waals surface area contributed by atoms with Crippen LogP contribution in [0, 0.1) is 0 Å². The van der Waals surface area contributed by atoms with Crippen molar-refractivity contribution in [2.45, 2.75) is 13.0 Å². The van der Waals surface area contributed by atoms with Crippen LogP contribution in [-0.4, -0.2) is 44.2 Å². The number of carbonyl (C=O) groups excluding carboxylic acids is 1. The van der Waals surface area contributed by atoms with Gasteiger partial charge in [0.25, 0.3) is 0 Å². The molecule has 10 heteroatoms. The fourth-order valence-electron chi connectivity index (χ4n) is 4.21. The van der Waals surface area contributed by atoms with Crippen molar-refractivity contribution in [2.75, 3.05) is 11.9 Å². The minimum Gasteiger partial charge on any atom is -0.477 e. The summed E-state index contributed by atoms with van der Waals surface area (Å²) in [5, 5.41) is 23.8. The number of fused-ring (bicyclic) bond motifs is 2. The smallest absolute Gasteiger partial charge is 0.477 e. The van der Waals surface area contributed by atoms with E-state index in [1.54, 1.807) is 30.3 Å². The van der Waals surface area contributed by atoms with Gasteiger partial charge in [0.15, 0.2) is 5.82 Å². The lowest BCUT2D eigenvalue weighted by atomic mass is 9.79. The van der Waals surface area contributed by atoms with E-state index < -0.39 is 13.0 Å². The molecule has 1 amide bonds. The summed E-state index contributed by atoms with van der Waals surface area (Å²) in [6.45, 7) is 0.956. The maximum atomic E-state index is 11.9. The Balaban J connectivity index is 1.56. The van der Waals surface area contributed by atoms with Crippen molar-refractivity contribution < 1.29 is 19.6 Å². The van der Waals surface area contributed by atoms with Crippen molar-refractivity contribution in [3.8, 4) is 17.4 Å². The predicted octanol–water partition coefficient (Wildman–Crippen LogP) is 0.961. The number of ether oxygens (including phenoxy) is 1. The first-order chi connectivity index (χ1) is 15.9. The third-order valence-electron chi connectivity index (χ3n) is 5.78. The Morgan fingerprint density at radius 2 is 2.03 bits per heavy atom. The molecule has 4 aromatic rings. The molecular weight excluding hydrogens is 421 g/mol. The second-order valence-corrected chi connectivity index (χ2v) is 7.97. The van der Waals surface area contributed by atoms with Crippen LogP contribution in [0.15, 0.2) is 48.7 Å². The quantitative estimate of drug-likeness (QED) is 0.326. The van der Waals surface area contributed by atoms with Gasteiger partial charge in [-0.15, -0.1) is 0 Å². The molecule has 0 radical (unpaired) electrons.